The number of hydrogen-bond donors (Lipinski definition) is 2. The minimum atomic E-state index is -0.278. The molecule has 2 aromatic rings. The SMILES string of the molecule is CCOC(=O)N1CCC(NC(=O)C[NH+](Cc2ccco2)Cc2ccco2)CC1. The first-order valence-electron chi connectivity index (χ1n) is 9.73. The van der Waals surface area contributed by atoms with E-state index in [1.807, 2.05) is 24.3 Å². The molecular formula is C20H28N3O5+. The third-order valence-electron chi connectivity index (χ3n) is 4.81. The van der Waals surface area contributed by atoms with Crippen LogP contribution in [0.3, 0.4) is 0 Å². The number of furan rings is 2. The van der Waals surface area contributed by atoms with E-state index in [0.717, 1.165) is 29.3 Å². The zero-order valence-electron chi connectivity index (χ0n) is 16.2. The van der Waals surface area contributed by atoms with Gasteiger partial charge < -0.3 is 28.7 Å². The summed E-state index contributed by atoms with van der Waals surface area (Å²) in [6, 6.07) is 7.58. The summed E-state index contributed by atoms with van der Waals surface area (Å²) in [5.41, 5.74) is 0. The Morgan fingerprint density at radius 1 is 1.14 bits per heavy atom. The lowest BCUT2D eigenvalue weighted by atomic mass is 10.1. The van der Waals surface area contributed by atoms with Crippen LogP contribution in [-0.4, -0.2) is 49.2 Å². The molecule has 2 amide bonds. The van der Waals surface area contributed by atoms with Crippen LogP contribution in [0.25, 0.3) is 0 Å². The molecule has 28 heavy (non-hydrogen) atoms. The summed E-state index contributed by atoms with van der Waals surface area (Å²) in [4.78, 5) is 27.1. The smallest absolute Gasteiger partial charge is 0.409 e. The maximum Gasteiger partial charge on any atom is 0.409 e. The van der Waals surface area contributed by atoms with Gasteiger partial charge in [0.15, 0.2) is 18.1 Å². The number of rotatable bonds is 8. The molecule has 1 aliphatic heterocycles. The molecule has 0 spiro atoms. The molecule has 152 valence electrons. The highest BCUT2D eigenvalue weighted by Crippen LogP contribution is 2.11. The minimum Gasteiger partial charge on any atom is -0.463 e. The van der Waals surface area contributed by atoms with Gasteiger partial charge in [-0.3, -0.25) is 4.79 Å². The van der Waals surface area contributed by atoms with Crippen LogP contribution in [0, 0.1) is 0 Å². The molecule has 0 atom stereocenters. The fourth-order valence-electron chi connectivity index (χ4n) is 3.43. The highest BCUT2D eigenvalue weighted by atomic mass is 16.6. The first-order valence-corrected chi connectivity index (χ1v) is 9.73. The topological polar surface area (TPSA) is 89.4 Å². The lowest BCUT2D eigenvalue weighted by Crippen LogP contribution is -3.10. The van der Waals surface area contributed by atoms with Gasteiger partial charge in [0, 0.05) is 19.1 Å². The van der Waals surface area contributed by atoms with Crippen LogP contribution >= 0.6 is 0 Å². The van der Waals surface area contributed by atoms with E-state index in [9.17, 15) is 9.59 Å². The summed E-state index contributed by atoms with van der Waals surface area (Å²) in [5, 5.41) is 3.10. The van der Waals surface area contributed by atoms with E-state index in [1.54, 1.807) is 24.3 Å². The number of carbonyl (C=O) groups is 2. The number of piperidine rings is 1. The Balaban J connectivity index is 1.49. The molecule has 0 aromatic carbocycles. The first kappa shape index (κ1) is 20.0. The lowest BCUT2D eigenvalue weighted by Gasteiger charge is -2.31. The summed E-state index contributed by atoms with van der Waals surface area (Å²) >= 11 is 0. The van der Waals surface area contributed by atoms with E-state index in [0.29, 0.717) is 39.3 Å². The monoisotopic (exact) mass is 390 g/mol. The number of carbonyl (C=O) groups excluding carboxylic acids is 2. The van der Waals surface area contributed by atoms with Gasteiger partial charge in [0.1, 0.15) is 13.1 Å². The summed E-state index contributed by atoms with van der Waals surface area (Å²) in [7, 11) is 0. The molecule has 1 saturated heterocycles. The van der Waals surface area contributed by atoms with Gasteiger partial charge in [-0.25, -0.2) is 4.79 Å². The molecular weight excluding hydrogens is 362 g/mol. The summed E-state index contributed by atoms with van der Waals surface area (Å²) < 4.78 is 15.9. The van der Waals surface area contributed by atoms with Crippen LogP contribution in [0.15, 0.2) is 45.6 Å². The average molecular weight is 390 g/mol. The Labute approximate surface area is 164 Å². The molecule has 1 aliphatic rings. The van der Waals surface area contributed by atoms with Crippen molar-refractivity contribution in [3.63, 3.8) is 0 Å². The quantitative estimate of drug-likeness (QED) is 0.707. The third kappa shape index (κ3) is 5.88. The van der Waals surface area contributed by atoms with Crippen LogP contribution in [0.1, 0.15) is 31.3 Å². The highest BCUT2D eigenvalue weighted by Gasteiger charge is 2.26. The van der Waals surface area contributed by atoms with Gasteiger partial charge in [-0.1, -0.05) is 0 Å². The lowest BCUT2D eigenvalue weighted by molar-refractivity contribution is -0.921. The standard InChI is InChI=1S/C20H27N3O5/c1-2-26-20(25)23-9-7-16(8-10-23)21-19(24)15-22(13-17-5-3-11-27-17)14-18-6-4-12-28-18/h3-6,11-12,16H,2,7-10,13-15H2,1H3,(H,21,24)/p+1. The second-order valence-corrected chi connectivity index (χ2v) is 6.97. The van der Waals surface area contributed by atoms with Gasteiger partial charge in [-0.15, -0.1) is 0 Å². The van der Waals surface area contributed by atoms with Crippen LogP contribution < -0.4 is 10.2 Å². The van der Waals surface area contributed by atoms with Gasteiger partial charge in [-0.05, 0) is 44.0 Å². The third-order valence-corrected chi connectivity index (χ3v) is 4.81. The molecule has 3 rings (SSSR count). The molecule has 2 aromatic heterocycles. The van der Waals surface area contributed by atoms with E-state index in [-0.39, 0.29) is 18.0 Å². The fourth-order valence-corrected chi connectivity index (χ4v) is 3.43. The first-order chi connectivity index (χ1) is 13.6. The summed E-state index contributed by atoms with van der Waals surface area (Å²) in [5.74, 6) is 1.65. The van der Waals surface area contributed by atoms with E-state index in [2.05, 4.69) is 5.32 Å². The Bertz CT molecular complexity index is 685. The normalized spacial score (nSPS) is 15.0. The average Bonchev–Trinajstić information content (AvgIpc) is 3.36. The molecule has 8 heteroatoms. The number of nitrogens with one attached hydrogen (secondary N) is 2. The van der Waals surface area contributed by atoms with E-state index >= 15 is 0 Å². The Kier molecular flexibility index (Phi) is 7.13. The van der Waals surface area contributed by atoms with Crippen molar-refractivity contribution in [1.29, 1.82) is 0 Å². The van der Waals surface area contributed by atoms with Crippen molar-refractivity contribution >= 4 is 12.0 Å². The van der Waals surface area contributed by atoms with Crippen molar-refractivity contribution in [2.24, 2.45) is 0 Å². The molecule has 0 saturated carbocycles. The largest absolute Gasteiger partial charge is 0.463 e. The van der Waals surface area contributed by atoms with Crippen molar-refractivity contribution in [1.82, 2.24) is 10.2 Å². The van der Waals surface area contributed by atoms with Crippen molar-refractivity contribution in [3.05, 3.63) is 48.3 Å². The number of ether oxygens (including phenoxy) is 1. The Morgan fingerprint density at radius 3 is 2.25 bits per heavy atom. The minimum absolute atomic E-state index is 0.0114. The second kappa shape index (κ2) is 9.98. The second-order valence-electron chi connectivity index (χ2n) is 6.97. The van der Waals surface area contributed by atoms with Crippen LogP contribution in [0.4, 0.5) is 4.79 Å². The summed E-state index contributed by atoms with van der Waals surface area (Å²) in [6.45, 7) is 4.88. The van der Waals surface area contributed by atoms with Gasteiger partial charge in [0.2, 0.25) is 0 Å². The molecule has 0 radical (unpaired) electrons. The van der Waals surface area contributed by atoms with Crippen molar-refractivity contribution in [2.45, 2.75) is 38.9 Å². The van der Waals surface area contributed by atoms with Crippen LogP contribution in [0.5, 0.6) is 0 Å². The molecule has 3 heterocycles. The number of amides is 2. The molecule has 0 unspecified atom stereocenters. The maximum atomic E-state index is 12.6. The molecule has 1 fully saturated rings. The molecule has 0 bridgehead atoms. The van der Waals surface area contributed by atoms with Crippen LogP contribution in [0.2, 0.25) is 0 Å². The number of hydrogen-bond acceptors (Lipinski definition) is 5. The van der Waals surface area contributed by atoms with Crippen molar-refractivity contribution in [2.75, 3.05) is 26.2 Å². The van der Waals surface area contributed by atoms with Gasteiger partial charge in [0.25, 0.3) is 5.91 Å². The van der Waals surface area contributed by atoms with Crippen LogP contribution in [-0.2, 0) is 22.6 Å². The Hall–Kier alpha value is -2.74. The van der Waals surface area contributed by atoms with E-state index in [4.69, 9.17) is 13.6 Å². The summed E-state index contributed by atoms with van der Waals surface area (Å²) in [6.07, 6.45) is 4.46. The van der Waals surface area contributed by atoms with Gasteiger partial charge >= 0.3 is 6.09 Å². The van der Waals surface area contributed by atoms with E-state index in [1.165, 1.54) is 0 Å². The van der Waals surface area contributed by atoms with Gasteiger partial charge in [-0.2, -0.15) is 0 Å². The van der Waals surface area contributed by atoms with E-state index < -0.39 is 0 Å². The predicted octanol–water partition coefficient (Wildman–Crippen LogP) is 1.19. The molecule has 8 nitrogen and oxygen atoms in total. The van der Waals surface area contributed by atoms with Crippen molar-refractivity contribution < 1.29 is 28.1 Å². The number of nitrogens with zero attached hydrogens (tertiary/aromatic N) is 1. The number of likely N-dealkylation sites (tertiary alicyclic amines) is 1. The fraction of sp³-hybridized carbons (Fsp3) is 0.500. The Morgan fingerprint density at radius 2 is 1.75 bits per heavy atom. The maximum absolute atomic E-state index is 12.6. The zero-order chi connectivity index (χ0) is 19.8. The van der Waals surface area contributed by atoms with Crippen molar-refractivity contribution in [3.8, 4) is 0 Å². The number of quaternary nitrogens is 1. The highest BCUT2D eigenvalue weighted by molar-refractivity contribution is 5.77. The molecule has 2 N–H and O–H groups in total. The molecule has 0 aliphatic carbocycles. The predicted molar refractivity (Wildman–Crippen MR) is 100 cm³/mol. The van der Waals surface area contributed by atoms with Gasteiger partial charge in [0.05, 0.1) is 19.1 Å². The zero-order valence-corrected chi connectivity index (χ0v) is 16.2.